The van der Waals surface area contributed by atoms with E-state index in [9.17, 15) is 17.7 Å². The van der Waals surface area contributed by atoms with E-state index in [0.717, 1.165) is 5.56 Å². The molecule has 0 aliphatic carbocycles. The molecule has 2 N–H and O–H groups in total. The molecule has 0 aromatic heterocycles. The highest BCUT2D eigenvalue weighted by molar-refractivity contribution is 7.89. The Morgan fingerprint density at radius 2 is 1.79 bits per heavy atom. The summed E-state index contributed by atoms with van der Waals surface area (Å²) in [5.41, 5.74) is 4.16. The highest BCUT2D eigenvalue weighted by Gasteiger charge is 2.35. The van der Waals surface area contributed by atoms with E-state index in [4.69, 9.17) is 4.74 Å². The Hall–Kier alpha value is -2.53. The lowest BCUT2D eigenvalue weighted by atomic mass is 9.97. The van der Waals surface area contributed by atoms with E-state index in [1.807, 2.05) is 18.2 Å². The van der Waals surface area contributed by atoms with Gasteiger partial charge < -0.3 is 4.74 Å². The lowest BCUT2D eigenvalue weighted by Crippen LogP contribution is -2.50. The van der Waals surface area contributed by atoms with Crippen LogP contribution in [0.2, 0.25) is 0 Å². The van der Waals surface area contributed by atoms with Crippen molar-refractivity contribution in [2.45, 2.75) is 50.8 Å². The van der Waals surface area contributed by atoms with Crippen molar-refractivity contribution in [3.63, 3.8) is 0 Å². The predicted molar refractivity (Wildman–Crippen MR) is 123 cm³/mol. The predicted octanol–water partition coefficient (Wildman–Crippen LogP) is 3.46. The van der Waals surface area contributed by atoms with Gasteiger partial charge in [0.1, 0.15) is 5.60 Å². The molecule has 1 unspecified atom stereocenters. The Balaban J connectivity index is 1.78. The Morgan fingerprint density at radius 1 is 1.12 bits per heavy atom. The molecule has 0 saturated carbocycles. The normalized spacial score (nSPS) is 17.7. The third-order valence-electron chi connectivity index (χ3n) is 5.24. The average molecular weight is 479 g/mol. The minimum Gasteiger partial charge on any atom is -0.444 e. The molecule has 1 heterocycles. The second-order valence-corrected chi connectivity index (χ2v) is 10.6. The van der Waals surface area contributed by atoms with Crippen molar-refractivity contribution in [3.05, 3.63) is 65.2 Å². The molecule has 1 saturated heterocycles. The van der Waals surface area contributed by atoms with Crippen LogP contribution in [0.1, 0.15) is 43.5 Å². The highest BCUT2D eigenvalue weighted by atomic mass is 32.2. The summed E-state index contributed by atoms with van der Waals surface area (Å²) in [6, 6.07) is 13.4. The van der Waals surface area contributed by atoms with Crippen LogP contribution in [-0.4, -0.2) is 49.8 Å². The summed E-state index contributed by atoms with van der Waals surface area (Å²) in [5.74, 6) is 0. The summed E-state index contributed by atoms with van der Waals surface area (Å²) in [4.78, 5) is 16.9. The molecule has 2 aromatic carbocycles. The number of piperazine rings is 1. The fourth-order valence-corrected chi connectivity index (χ4v) is 4.84. The van der Waals surface area contributed by atoms with Crippen molar-refractivity contribution >= 4 is 16.1 Å². The maximum absolute atomic E-state index is 14.2. The van der Waals surface area contributed by atoms with Crippen LogP contribution in [0.25, 0.3) is 0 Å². The molecule has 1 atom stereocenters. The summed E-state index contributed by atoms with van der Waals surface area (Å²) in [5, 5.41) is 0.677. The molecule has 3 rings (SSSR count). The summed E-state index contributed by atoms with van der Waals surface area (Å²) < 4.78 is 45.0. The first kappa shape index (κ1) is 25.1. The van der Waals surface area contributed by atoms with Gasteiger partial charge in [0, 0.05) is 19.6 Å². The Bertz CT molecular complexity index is 1090. The van der Waals surface area contributed by atoms with Crippen LogP contribution >= 0.6 is 0 Å². The molecular weight excluding hydrogens is 447 g/mol. The van der Waals surface area contributed by atoms with Crippen molar-refractivity contribution in [1.29, 1.82) is 0 Å². The molecule has 10 heteroatoms. The monoisotopic (exact) mass is 478 g/mol. The molecule has 0 spiro atoms. The minimum atomic E-state index is -3.77. The first-order chi connectivity index (χ1) is 15.5. The zero-order valence-corrected chi connectivity index (χ0v) is 20.2. The van der Waals surface area contributed by atoms with E-state index in [1.165, 1.54) is 11.0 Å². The minimum absolute atomic E-state index is 0.00874. The molecule has 1 fully saturated rings. The largest absolute Gasteiger partial charge is 0.444 e. The van der Waals surface area contributed by atoms with Gasteiger partial charge in [0.15, 0.2) is 0 Å². The molecule has 1 amide bonds. The number of ether oxygens (including phenoxy) is 1. The molecule has 0 bridgehead atoms. The fourth-order valence-electron chi connectivity index (χ4n) is 3.71. The van der Waals surface area contributed by atoms with E-state index >= 15 is 0 Å². The number of hydrogen-bond donors (Lipinski definition) is 2. The third-order valence-corrected chi connectivity index (χ3v) is 6.69. The van der Waals surface area contributed by atoms with E-state index < -0.39 is 27.8 Å². The van der Waals surface area contributed by atoms with Crippen LogP contribution in [0, 0.1) is 6.92 Å². The quantitative estimate of drug-likeness (QED) is 0.488. The Morgan fingerprint density at radius 3 is 2.48 bits per heavy atom. The molecule has 0 radical (unpaired) electrons. The van der Waals surface area contributed by atoms with E-state index in [1.54, 1.807) is 52.0 Å². The van der Waals surface area contributed by atoms with E-state index in [0.29, 0.717) is 16.2 Å². The van der Waals surface area contributed by atoms with Gasteiger partial charge in [-0.3, -0.25) is 4.90 Å². The number of rotatable bonds is 6. The Kier molecular flexibility index (Phi) is 7.73. The van der Waals surface area contributed by atoms with Gasteiger partial charge in [-0.2, -0.15) is 0 Å². The van der Waals surface area contributed by atoms with Crippen LogP contribution in [0.15, 0.2) is 53.4 Å². The van der Waals surface area contributed by atoms with Gasteiger partial charge in [0.25, 0.3) is 10.0 Å². The second-order valence-electron chi connectivity index (χ2n) is 8.98. The summed E-state index contributed by atoms with van der Waals surface area (Å²) in [6.07, 6.45) is -0.511. The SMILES string of the molecule is Cc1ccccc1S(=O)(=O)NNCc1ccccc1C1CN(F)CCN1C(=O)OC(C)(C)C. The molecule has 1 aliphatic heterocycles. The van der Waals surface area contributed by atoms with Crippen LogP contribution in [0.4, 0.5) is 9.28 Å². The smallest absolute Gasteiger partial charge is 0.410 e. The fraction of sp³-hybridized carbons (Fsp3) is 0.435. The number of hydrogen-bond acceptors (Lipinski definition) is 6. The van der Waals surface area contributed by atoms with Gasteiger partial charge in [-0.25, -0.2) is 18.6 Å². The van der Waals surface area contributed by atoms with Crippen molar-refractivity contribution in [3.8, 4) is 0 Å². The molecule has 8 nitrogen and oxygen atoms in total. The maximum atomic E-state index is 14.2. The number of hydrazine groups is 1. The zero-order valence-electron chi connectivity index (χ0n) is 19.3. The number of carbonyl (C=O) groups is 1. The van der Waals surface area contributed by atoms with Crippen molar-refractivity contribution in [1.82, 2.24) is 20.3 Å². The molecule has 33 heavy (non-hydrogen) atoms. The first-order valence-corrected chi connectivity index (χ1v) is 12.2. The van der Waals surface area contributed by atoms with Crippen LogP contribution in [0.5, 0.6) is 0 Å². The van der Waals surface area contributed by atoms with Crippen molar-refractivity contribution in [2.75, 3.05) is 19.6 Å². The molecule has 2 aromatic rings. The van der Waals surface area contributed by atoms with Gasteiger partial charge in [-0.05, 0) is 50.5 Å². The maximum Gasteiger partial charge on any atom is 0.410 e. The van der Waals surface area contributed by atoms with E-state index in [-0.39, 0.29) is 31.1 Å². The Labute approximate surface area is 194 Å². The number of aryl methyl sites for hydroxylation is 1. The van der Waals surface area contributed by atoms with Crippen molar-refractivity contribution in [2.24, 2.45) is 0 Å². The van der Waals surface area contributed by atoms with Crippen LogP contribution in [0.3, 0.4) is 0 Å². The molecule has 1 aliphatic rings. The van der Waals surface area contributed by atoms with Crippen molar-refractivity contribution < 1.29 is 22.4 Å². The molecular formula is C23H31FN4O4S. The number of amides is 1. The lowest BCUT2D eigenvalue weighted by molar-refractivity contribution is -0.0576. The van der Waals surface area contributed by atoms with Gasteiger partial charge in [0.05, 0.1) is 17.5 Å². The number of carbonyl (C=O) groups excluding carboxylic acids is 1. The number of nitrogens with one attached hydrogen (secondary N) is 2. The third kappa shape index (κ3) is 6.50. The first-order valence-electron chi connectivity index (χ1n) is 10.8. The highest BCUT2D eigenvalue weighted by Crippen LogP contribution is 2.30. The number of halogens is 1. The zero-order chi connectivity index (χ0) is 24.2. The number of sulfonamides is 1. The van der Waals surface area contributed by atoms with Gasteiger partial charge in [0.2, 0.25) is 0 Å². The van der Waals surface area contributed by atoms with Crippen LogP contribution in [-0.2, 0) is 21.3 Å². The summed E-state index contributed by atoms with van der Waals surface area (Å²) >= 11 is 0. The van der Waals surface area contributed by atoms with Gasteiger partial charge >= 0.3 is 6.09 Å². The van der Waals surface area contributed by atoms with Gasteiger partial charge in [-0.1, -0.05) is 42.5 Å². The number of benzene rings is 2. The topological polar surface area (TPSA) is 91.0 Å². The lowest BCUT2D eigenvalue weighted by Gasteiger charge is -2.39. The van der Waals surface area contributed by atoms with E-state index in [2.05, 4.69) is 10.3 Å². The van der Waals surface area contributed by atoms with Gasteiger partial charge in [-0.15, -0.1) is 14.4 Å². The second kappa shape index (κ2) is 10.2. The summed E-state index contributed by atoms with van der Waals surface area (Å²) in [7, 11) is -3.77. The standard InChI is InChI=1S/C23H31FN4O4S/c1-17-9-5-8-12-21(17)33(30,31)26-25-15-18-10-6-7-11-19(18)20-16-27(24)13-14-28(20)22(29)32-23(2,3)4/h5-12,20,25-26H,13-16H2,1-4H3. The summed E-state index contributed by atoms with van der Waals surface area (Å²) in [6.45, 7) is 7.47. The van der Waals surface area contributed by atoms with Crippen LogP contribution < -0.4 is 10.3 Å². The molecule has 180 valence electrons. The average Bonchev–Trinajstić information content (AvgIpc) is 2.73. The number of nitrogens with zero attached hydrogens (tertiary/aromatic N) is 2.